The molecule has 2 aromatic rings. The molecule has 1 N–H and O–H groups in total. The largest absolute Gasteiger partial charge is 0.412 e. The first kappa shape index (κ1) is 14.3. The fourth-order valence-corrected chi connectivity index (χ4v) is 2.12. The fraction of sp³-hybridized carbons (Fsp3) is 0.375. The van der Waals surface area contributed by atoms with Crippen LogP contribution in [0.4, 0.5) is 4.79 Å². The maximum atomic E-state index is 11.8. The first-order chi connectivity index (χ1) is 9.63. The van der Waals surface area contributed by atoms with Gasteiger partial charge in [0.05, 0.1) is 5.39 Å². The van der Waals surface area contributed by atoms with E-state index in [0.717, 1.165) is 29.4 Å². The van der Waals surface area contributed by atoms with Crippen molar-refractivity contribution in [3.05, 3.63) is 36.0 Å². The third kappa shape index (κ3) is 3.07. The molecular weight excluding hydrogens is 252 g/mol. The maximum Gasteiger partial charge on any atom is 0.412 e. The van der Waals surface area contributed by atoms with Gasteiger partial charge in [-0.1, -0.05) is 19.4 Å². The molecule has 1 heterocycles. The molecule has 20 heavy (non-hydrogen) atoms. The van der Waals surface area contributed by atoms with Gasteiger partial charge in [0.1, 0.15) is 7.05 Å². The zero-order chi connectivity index (χ0) is 14.5. The molecule has 0 aliphatic rings. The summed E-state index contributed by atoms with van der Waals surface area (Å²) in [5, 5.41) is 3.81. The molecule has 2 rings (SSSR count). The Morgan fingerprint density at radius 3 is 2.85 bits per heavy atom. The first-order valence-electron chi connectivity index (χ1n) is 6.97. The van der Waals surface area contributed by atoms with Crippen molar-refractivity contribution in [1.29, 1.82) is 0 Å². The zero-order valence-electron chi connectivity index (χ0n) is 12.3. The highest BCUT2D eigenvalue weighted by atomic mass is 16.6. The van der Waals surface area contributed by atoms with Gasteiger partial charge >= 0.3 is 6.09 Å². The number of fused-ring (bicyclic) bond motifs is 1. The molecule has 0 aliphatic carbocycles. The Hall–Kier alpha value is -2.10. The molecule has 0 atom stereocenters. The number of unbranched alkanes of at least 4 members (excludes halogenated alkanes) is 1. The van der Waals surface area contributed by atoms with Crippen LogP contribution in [0.3, 0.4) is 0 Å². The van der Waals surface area contributed by atoms with Crippen LogP contribution in [0.2, 0.25) is 0 Å². The predicted molar refractivity (Wildman–Crippen MR) is 78.8 cm³/mol. The van der Waals surface area contributed by atoms with Gasteiger partial charge in [0.2, 0.25) is 5.75 Å². The SMILES string of the molecule is CCCCNC(=O)Oc1cccc2ccc(C)[n+](C)c12. The summed E-state index contributed by atoms with van der Waals surface area (Å²) in [6, 6.07) is 9.81. The van der Waals surface area contributed by atoms with E-state index in [-0.39, 0.29) is 0 Å². The number of ether oxygens (including phenoxy) is 1. The lowest BCUT2D eigenvalue weighted by Crippen LogP contribution is -2.34. The van der Waals surface area contributed by atoms with Gasteiger partial charge in [-0.05, 0) is 24.6 Å². The summed E-state index contributed by atoms with van der Waals surface area (Å²) in [5.41, 5.74) is 2.04. The van der Waals surface area contributed by atoms with Gasteiger partial charge < -0.3 is 10.1 Å². The second-order valence-electron chi connectivity index (χ2n) is 4.90. The van der Waals surface area contributed by atoms with Gasteiger partial charge in [0, 0.05) is 19.5 Å². The number of carbonyl (C=O) groups is 1. The Kier molecular flexibility index (Phi) is 4.56. The van der Waals surface area contributed by atoms with Crippen molar-refractivity contribution in [2.75, 3.05) is 6.54 Å². The highest BCUT2D eigenvalue weighted by molar-refractivity contribution is 5.84. The number of benzene rings is 1. The van der Waals surface area contributed by atoms with Crippen LogP contribution in [0.15, 0.2) is 30.3 Å². The monoisotopic (exact) mass is 273 g/mol. The number of nitrogens with zero attached hydrogens (tertiary/aromatic N) is 1. The number of rotatable bonds is 4. The number of carbonyl (C=O) groups excluding carboxylic acids is 1. The van der Waals surface area contributed by atoms with Crippen LogP contribution in [0, 0.1) is 6.92 Å². The van der Waals surface area contributed by atoms with Crippen LogP contribution < -0.4 is 14.6 Å². The second kappa shape index (κ2) is 6.37. The minimum absolute atomic E-state index is 0.396. The lowest BCUT2D eigenvalue weighted by molar-refractivity contribution is -0.651. The molecule has 1 aromatic carbocycles. The average molecular weight is 273 g/mol. The molecule has 4 nitrogen and oxygen atoms in total. The summed E-state index contributed by atoms with van der Waals surface area (Å²) in [6.45, 7) is 4.75. The van der Waals surface area contributed by atoms with Crippen molar-refractivity contribution in [1.82, 2.24) is 5.32 Å². The van der Waals surface area contributed by atoms with E-state index in [1.165, 1.54) is 0 Å². The van der Waals surface area contributed by atoms with E-state index in [9.17, 15) is 4.79 Å². The maximum absolute atomic E-state index is 11.8. The molecule has 0 aliphatic heterocycles. The first-order valence-corrected chi connectivity index (χ1v) is 6.97. The summed E-state index contributed by atoms with van der Waals surface area (Å²) in [6.07, 6.45) is 1.60. The molecule has 0 saturated carbocycles. The molecule has 0 radical (unpaired) electrons. The minimum atomic E-state index is -0.396. The summed E-state index contributed by atoms with van der Waals surface area (Å²) in [4.78, 5) is 11.8. The van der Waals surface area contributed by atoms with Crippen LogP contribution in [0.5, 0.6) is 5.75 Å². The van der Waals surface area contributed by atoms with Gasteiger partial charge in [-0.25, -0.2) is 4.79 Å². The molecule has 0 fully saturated rings. The molecule has 0 spiro atoms. The van der Waals surface area contributed by atoms with Crippen LogP contribution in [-0.4, -0.2) is 12.6 Å². The molecule has 0 unspecified atom stereocenters. The van der Waals surface area contributed by atoms with Crippen molar-refractivity contribution in [3.63, 3.8) is 0 Å². The molecule has 1 aromatic heterocycles. The van der Waals surface area contributed by atoms with Crippen molar-refractivity contribution < 1.29 is 14.1 Å². The molecule has 1 amide bonds. The van der Waals surface area contributed by atoms with Crippen molar-refractivity contribution >= 4 is 17.0 Å². The van der Waals surface area contributed by atoms with Crippen LogP contribution >= 0.6 is 0 Å². The Morgan fingerprint density at radius 1 is 1.30 bits per heavy atom. The van der Waals surface area contributed by atoms with Crippen LogP contribution in [-0.2, 0) is 7.05 Å². The number of nitrogens with one attached hydrogen (secondary N) is 1. The molecule has 106 valence electrons. The number of hydrogen-bond donors (Lipinski definition) is 1. The van der Waals surface area contributed by atoms with E-state index in [1.54, 1.807) is 0 Å². The lowest BCUT2D eigenvalue weighted by atomic mass is 10.2. The van der Waals surface area contributed by atoms with Gasteiger partial charge in [0.25, 0.3) is 5.52 Å². The smallest absolute Gasteiger partial charge is 0.403 e. The van der Waals surface area contributed by atoms with Crippen LogP contribution in [0.1, 0.15) is 25.5 Å². The summed E-state index contributed by atoms with van der Waals surface area (Å²) in [7, 11) is 1.97. The Morgan fingerprint density at radius 2 is 2.10 bits per heavy atom. The van der Waals surface area contributed by atoms with E-state index in [2.05, 4.69) is 12.2 Å². The summed E-state index contributed by atoms with van der Waals surface area (Å²) < 4.78 is 7.47. The minimum Gasteiger partial charge on any atom is -0.403 e. The quantitative estimate of drug-likeness (QED) is 0.687. The van der Waals surface area contributed by atoms with E-state index >= 15 is 0 Å². The highest BCUT2D eigenvalue weighted by Crippen LogP contribution is 2.22. The number of hydrogen-bond acceptors (Lipinski definition) is 2. The van der Waals surface area contributed by atoms with E-state index in [0.29, 0.717) is 12.3 Å². The van der Waals surface area contributed by atoms with Gasteiger partial charge in [-0.3, -0.25) is 0 Å². The number of aryl methyl sites for hydroxylation is 2. The van der Waals surface area contributed by atoms with Crippen molar-refractivity contribution in [3.8, 4) is 5.75 Å². The molecule has 0 bridgehead atoms. The number of pyridine rings is 1. The standard InChI is InChI=1S/C16H20N2O2/c1-4-5-11-17-16(19)20-14-8-6-7-13-10-9-12(2)18(3)15(13)14/h6-10H,4-5,11H2,1-3H3/p+1. The predicted octanol–water partition coefficient (Wildman–Crippen LogP) is 2.86. The van der Waals surface area contributed by atoms with Gasteiger partial charge in [0.15, 0.2) is 5.69 Å². The molecular formula is C16H21N2O2+. The van der Waals surface area contributed by atoms with Crippen LogP contribution in [0.25, 0.3) is 10.9 Å². The van der Waals surface area contributed by atoms with Gasteiger partial charge in [-0.2, -0.15) is 4.57 Å². The van der Waals surface area contributed by atoms with E-state index in [1.807, 2.05) is 48.9 Å². The Bertz CT molecular complexity index is 623. The normalized spacial score (nSPS) is 10.6. The summed E-state index contributed by atoms with van der Waals surface area (Å²) >= 11 is 0. The number of para-hydroxylation sites is 1. The molecule has 4 heteroatoms. The number of amides is 1. The fourth-order valence-electron chi connectivity index (χ4n) is 2.12. The highest BCUT2D eigenvalue weighted by Gasteiger charge is 2.16. The topological polar surface area (TPSA) is 42.2 Å². The average Bonchev–Trinajstić information content (AvgIpc) is 2.43. The van der Waals surface area contributed by atoms with Crippen molar-refractivity contribution in [2.24, 2.45) is 7.05 Å². The number of aromatic nitrogens is 1. The second-order valence-corrected chi connectivity index (χ2v) is 4.90. The lowest BCUT2D eigenvalue weighted by Gasteiger charge is -2.08. The zero-order valence-corrected chi connectivity index (χ0v) is 12.3. The third-order valence-electron chi connectivity index (χ3n) is 3.40. The third-order valence-corrected chi connectivity index (χ3v) is 3.40. The Labute approximate surface area is 119 Å². The molecule has 0 saturated heterocycles. The van der Waals surface area contributed by atoms with E-state index in [4.69, 9.17) is 4.74 Å². The summed E-state index contributed by atoms with van der Waals surface area (Å²) in [5.74, 6) is 0.586. The van der Waals surface area contributed by atoms with Crippen molar-refractivity contribution in [2.45, 2.75) is 26.7 Å². The van der Waals surface area contributed by atoms with Gasteiger partial charge in [-0.15, -0.1) is 0 Å². The Balaban J connectivity index is 2.26. The van der Waals surface area contributed by atoms with E-state index < -0.39 is 6.09 Å².